The van der Waals surface area contributed by atoms with Crippen molar-refractivity contribution in [1.82, 2.24) is 9.88 Å². The first-order valence-corrected chi connectivity index (χ1v) is 7.32. The number of rotatable bonds is 5. The lowest BCUT2D eigenvalue weighted by molar-refractivity contribution is 0.126. The molecule has 2 aromatic rings. The molecular weight excluding hydrogens is 262 g/mol. The van der Waals surface area contributed by atoms with E-state index in [1.807, 2.05) is 26.8 Å². The average Bonchev–Trinajstić information content (AvgIpc) is 2.36. The fourth-order valence-corrected chi connectivity index (χ4v) is 2.13. The average molecular weight is 287 g/mol. The van der Waals surface area contributed by atoms with Crippen molar-refractivity contribution in [3.8, 4) is 5.88 Å². The molecule has 4 heteroatoms. The van der Waals surface area contributed by atoms with Gasteiger partial charge in [-0.05, 0) is 52.4 Å². The number of likely N-dealkylation sites (N-methyl/N-ethyl adjacent to an activating group) is 1. The Labute approximate surface area is 127 Å². The van der Waals surface area contributed by atoms with Crippen molar-refractivity contribution >= 4 is 16.5 Å². The minimum Gasteiger partial charge on any atom is -0.471 e. The lowest BCUT2D eigenvalue weighted by Crippen LogP contribution is -2.24. The predicted octanol–water partition coefficient (Wildman–Crippen LogP) is 3.39. The highest BCUT2D eigenvalue weighted by Gasteiger charge is 2.16. The Morgan fingerprint density at radius 3 is 2.62 bits per heavy atom. The summed E-state index contributed by atoms with van der Waals surface area (Å²) < 4.78 is 6.02. The molecule has 0 unspecified atom stereocenters. The summed E-state index contributed by atoms with van der Waals surface area (Å²) in [5.74, 6) is 0.688. The topological polar surface area (TPSA) is 37.4 Å². The van der Waals surface area contributed by atoms with Gasteiger partial charge in [0.2, 0.25) is 5.88 Å². The number of hydrogen-bond acceptors (Lipinski definition) is 4. The molecule has 0 saturated heterocycles. The van der Waals surface area contributed by atoms with Crippen LogP contribution >= 0.6 is 0 Å². The van der Waals surface area contributed by atoms with Gasteiger partial charge in [0, 0.05) is 25.0 Å². The second-order valence-corrected chi connectivity index (χ2v) is 6.46. The molecule has 1 N–H and O–H groups in total. The summed E-state index contributed by atoms with van der Waals surface area (Å²) in [6.07, 6.45) is 1.80. The van der Waals surface area contributed by atoms with Crippen LogP contribution in [0, 0.1) is 0 Å². The molecule has 4 nitrogen and oxygen atoms in total. The van der Waals surface area contributed by atoms with Crippen molar-refractivity contribution in [1.29, 1.82) is 0 Å². The van der Waals surface area contributed by atoms with E-state index in [0.29, 0.717) is 5.88 Å². The molecule has 0 amide bonds. The summed E-state index contributed by atoms with van der Waals surface area (Å²) in [5.41, 5.74) is 0.805. The van der Waals surface area contributed by atoms with Crippen LogP contribution < -0.4 is 10.1 Å². The molecule has 0 aliphatic heterocycles. The monoisotopic (exact) mass is 287 g/mol. The summed E-state index contributed by atoms with van der Waals surface area (Å²) in [4.78, 5) is 6.58. The van der Waals surface area contributed by atoms with E-state index >= 15 is 0 Å². The maximum absolute atomic E-state index is 6.02. The van der Waals surface area contributed by atoms with E-state index in [0.717, 1.165) is 29.5 Å². The number of hydrogen-bond donors (Lipinski definition) is 1. The molecule has 1 aromatic heterocycles. The van der Waals surface area contributed by atoms with E-state index in [-0.39, 0.29) is 5.60 Å². The third kappa shape index (κ3) is 4.33. The van der Waals surface area contributed by atoms with Crippen LogP contribution in [0.4, 0.5) is 5.69 Å². The zero-order valence-corrected chi connectivity index (χ0v) is 13.6. The van der Waals surface area contributed by atoms with Crippen molar-refractivity contribution < 1.29 is 4.74 Å². The van der Waals surface area contributed by atoms with Crippen molar-refractivity contribution in [2.75, 3.05) is 32.5 Å². The maximum Gasteiger partial charge on any atom is 0.223 e. The van der Waals surface area contributed by atoms with Gasteiger partial charge in [-0.2, -0.15) is 0 Å². The lowest BCUT2D eigenvalue weighted by atomic mass is 10.1. The highest BCUT2D eigenvalue weighted by molar-refractivity contribution is 5.97. The fourth-order valence-electron chi connectivity index (χ4n) is 2.13. The first-order valence-electron chi connectivity index (χ1n) is 7.32. The predicted molar refractivity (Wildman–Crippen MR) is 89.2 cm³/mol. The van der Waals surface area contributed by atoms with Crippen LogP contribution in [0.5, 0.6) is 5.88 Å². The number of nitrogens with one attached hydrogen (secondary N) is 1. The van der Waals surface area contributed by atoms with E-state index in [2.05, 4.69) is 47.5 Å². The van der Waals surface area contributed by atoms with Crippen LogP contribution in [0.15, 0.2) is 30.5 Å². The third-order valence-corrected chi connectivity index (χ3v) is 3.03. The van der Waals surface area contributed by atoms with E-state index in [4.69, 9.17) is 4.74 Å². The van der Waals surface area contributed by atoms with Crippen molar-refractivity contribution in [2.45, 2.75) is 26.4 Å². The van der Waals surface area contributed by atoms with E-state index < -0.39 is 0 Å². The summed E-state index contributed by atoms with van der Waals surface area (Å²) in [6, 6.07) is 8.24. The molecule has 2 rings (SSSR count). The van der Waals surface area contributed by atoms with Gasteiger partial charge in [0.15, 0.2) is 0 Å². The number of anilines is 1. The fraction of sp³-hybridized carbons (Fsp3) is 0.471. The molecule has 0 aliphatic carbocycles. The van der Waals surface area contributed by atoms with Gasteiger partial charge in [-0.1, -0.05) is 12.1 Å². The molecule has 0 spiro atoms. The molecule has 1 aromatic carbocycles. The SMILES string of the molecule is CN(C)CCNc1cccc2ccnc(OC(C)(C)C)c12. The quantitative estimate of drug-likeness (QED) is 0.914. The highest BCUT2D eigenvalue weighted by atomic mass is 16.5. The van der Waals surface area contributed by atoms with Crippen LogP contribution in [0.3, 0.4) is 0 Å². The number of ether oxygens (including phenoxy) is 1. The summed E-state index contributed by atoms with van der Waals surface area (Å²) in [6.45, 7) is 7.98. The largest absolute Gasteiger partial charge is 0.471 e. The van der Waals surface area contributed by atoms with Gasteiger partial charge in [0.1, 0.15) is 5.60 Å². The van der Waals surface area contributed by atoms with E-state index in [1.54, 1.807) is 6.20 Å². The number of fused-ring (bicyclic) bond motifs is 1. The zero-order valence-electron chi connectivity index (χ0n) is 13.6. The van der Waals surface area contributed by atoms with Crippen molar-refractivity contribution in [2.24, 2.45) is 0 Å². The van der Waals surface area contributed by atoms with Crippen LogP contribution in [0.2, 0.25) is 0 Å². The maximum atomic E-state index is 6.02. The van der Waals surface area contributed by atoms with Crippen LogP contribution in [0.25, 0.3) is 10.8 Å². The summed E-state index contributed by atoms with van der Waals surface area (Å²) in [7, 11) is 4.14. The second-order valence-electron chi connectivity index (χ2n) is 6.46. The normalized spacial score (nSPS) is 11.9. The standard InChI is InChI=1S/C17H25N3O/c1-17(2,3)21-16-15-13(9-10-19-16)7-6-8-14(15)18-11-12-20(4)5/h6-10,18H,11-12H2,1-5H3. The van der Waals surface area contributed by atoms with Gasteiger partial charge in [-0.3, -0.25) is 0 Å². The van der Waals surface area contributed by atoms with Crippen LogP contribution in [0.1, 0.15) is 20.8 Å². The van der Waals surface area contributed by atoms with Gasteiger partial charge < -0.3 is 15.0 Å². The number of pyridine rings is 1. The Bertz CT molecular complexity index is 597. The van der Waals surface area contributed by atoms with Gasteiger partial charge in [0.25, 0.3) is 0 Å². The van der Waals surface area contributed by atoms with Gasteiger partial charge in [-0.15, -0.1) is 0 Å². The minimum atomic E-state index is -0.266. The van der Waals surface area contributed by atoms with Crippen molar-refractivity contribution in [3.63, 3.8) is 0 Å². The molecule has 0 fully saturated rings. The summed E-state index contributed by atoms with van der Waals surface area (Å²) >= 11 is 0. The Hall–Kier alpha value is -1.81. The molecule has 114 valence electrons. The van der Waals surface area contributed by atoms with Gasteiger partial charge >= 0.3 is 0 Å². The van der Waals surface area contributed by atoms with Crippen LogP contribution in [-0.2, 0) is 0 Å². The first-order chi connectivity index (χ1) is 9.87. The highest BCUT2D eigenvalue weighted by Crippen LogP contribution is 2.32. The Morgan fingerprint density at radius 2 is 1.95 bits per heavy atom. The smallest absolute Gasteiger partial charge is 0.223 e. The molecule has 0 bridgehead atoms. The molecule has 1 heterocycles. The van der Waals surface area contributed by atoms with Gasteiger partial charge in [-0.25, -0.2) is 4.98 Å². The molecule has 21 heavy (non-hydrogen) atoms. The second kappa shape index (κ2) is 6.31. The molecule has 0 radical (unpaired) electrons. The van der Waals surface area contributed by atoms with Crippen LogP contribution in [-0.4, -0.2) is 42.7 Å². The van der Waals surface area contributed by atoms with Crippen molar-refractivity contribution in [3.05, 3.63) is 30.5 Å². The number of benzene rings is 1. The molecule has 0 saturated carbocycles. The van der Waals surface area contributed by atoms with E-state index in [1.165, 1.54) is 0 Å². The van der Waals surface area contributed by atoms with E-state index in [9.17, 15) is 0 Å². The van der Waals surface area contributed by atoms with Gasteiger partial charge in [0.05, 0.1) is 5.39 Å². The Morgan fingerprint density at radius 1 is 1.19 bits per heavy atom. The molecular formula is C17H25N3O. The number of nitrogens with zero attached hydrogens (tertiary/aromatic N) is 2. The summed E-state index contributed by atoms with van der Waals surface area (Å²) in [5, 5.41) is 5.67. The molecule has 0 atom stereocenters. The number of aromatic nitrogens is 1. The molecule has 0 aliphatic rings. The third-order valence-electron chi connectivity index (χ3n) is 3.03. The Kier molecular flexibility index (Phi) is 4.68. The minimum absolute atomic E-state index is 0.266. The Balaban J connectivity index is 2.36. The zero-order chi connectivity index (χ0) is 15.5. The lowest BCUT2D eigenvalue weighted by Gasteiger charge is -2.22. The first kappa shape index (κ1) is 15.6.